The van der Waals surface area contributed by atoms with Crippen LogP contribution < -0.4 is 4.74 Å². The van der Waals surface area contributed by atoms with Gasteiger partial charge in [0.1, 0.15) is 5.75 Å². The summed E-state index contributed by atoms with van der Waals surface area (Å²) in [4.78, 5) is 0. The third kappa shape index (κ3) is 5.48. The van der Waals surface area contributed by atoms with Crippen molar-refractivity contribution in [2.45, 2.75) is 46.5 Å². The normalized spacial score (nSPS) is 12.1. The molecule has 0 fully saturated rings. The summed E-state index contributed by atoms with van der Waals surface area (Å²) in [6, 6.07) is 6.41. The molecule has 0 saturated heterocycles. The maximum atomic E-state index is 5.68. The Hall–Kier alpha value is -1.28. The second kappa shape index (κ2) is 8.00. The maximum Gasteiger partial charge on any atom is 0.188 e. The first-order chi connectivity index (χ1) is 9.04. The van der Waals surface area contributed by atoms with E-state index in [1.165, 1.54) is 16.7 Å². The fraction of sp³-hybridized carbons (Fsp3) is 0.529. The first-order valence-electron chi connectivity index (χ1n) is 6.90. The van der Waals surface area contributed by atoms with Crippen LogP contribution in [0.25, 0.3) is 0 Å². The number of allylic oxidation sites excluding steroid dienone is 2. The van der Waals surface area contributed by atoms with Gasteiger partial charge in [-0.25, -0.2) is 0 Å². The van der Waals surface area contributed by atoms with Crippen LogP contribution in [0.1, 0.15) is 50.7 Å². The number of hydrogen-bond donors (Lipinski definition) is 0. The van der Waals surface area contributed by atoms with Gasteiger partial charge in [0.2, 0.25) is 0 Å². The third-order valence-corrected chi connectivity index (χ3v) is 3.18. The predicted molar refractivity (Wildman–Crippen MR) is 80.8 cm³/mol. The van der Waals surface area contributed by atoms with Crippen LogP contribution in [0.4, 0.5) is 0 Å². The van der Waals surface area contributed by atoms with Gasteiger partial charge in [-0.05, 0) is 56.7 Å². The van der Waals surface area contributed by atoms with Crippen LogP contribution in [0.5, 0.6) is 5.75 Å². The summed E-state index contributed by atoms with van der Waals surface area (Å²) in [6.07, 6.45) is 4.54. The molecule has 0 aliphatic carbocycles. The van der Waals surface area contributed by atoms with E-state index < -0.39 is 0 Å². The fourth-order valence-electron chi connectivity index (χ4n) is 2.07. The molecule has 0 saturated carbocycles. The van der Waals surface area contributed by atoms with Gasteiger partial charge in [-0.3, -0.25) is 0 Å². The van der Waals surface area contributed by atoms with Gasteiger partial charge in [-0.1, -0.05) is 30.7 Å². The van der Waals surface area contributed by atoms with E-state index >= 15 is 0 Å². The van der Waals surface area contributed by atoms with Crippen molar-refractivity contribution in [2.75, 3.05) is 13.9 Å². The van der Waals surface area contributed by atoms with Crippen LogP contribution in [0, 0.1) is 6.92 Å². The highest BCUT2D eigenvalue weighted by Crippen LogP contribution is 2.30. The summed E-state index contributed by atoms with van der Waals surface area (Å²) in [7, 11) is 1.65. The lowest BCUT2D eigenvalue weighted by Crippen LogP contribution is -2.04. The Bertz CT molecular complexity index is 417. The van der Waals surface area contributed by atoms with Gasteiger partial charge in [-0.15, -0.1) is 0 Å². The van der Waals surface area contributed by atoms with Crippen LogP contribution >= 0.6 is 0 Å². The van der Waals surface area contributed by atoms with Crippen molar-refractivity contribution in [1.29, 1.82) is 0 Å². The Morgan fingerprint density at radius 2 is 2.05 bits per heavy atom. The fourth-order valence-corrected chi connectivity index (χ4v) is 2.07. The van der Waals surface area contributed by atoms with E-state index in [0.29, 0.717) is 12.7 Å². The molecule has 0 amide bonds. The van der Waals surface area contributed by atoms with Crippen molar-refractivity contribution in [3.8, 4) is 5.75 Å². The van der Waals surface area contributed by atoms with E-state index in [1.54, 1.807) is 7.11 Å². The highest BCUT2D eigenvalue weighted by atomic mass is 16.7. The largest absolute Gasteiger partial charge is 0.467 e. The maximum absolute atomic E-state index is 5.68. The molecule has 0 aliphatic heterocycles. The van der Waals surface area contributed by atoms with Crippen molar-refractivity contribution < 1.29 is 9.47 Å². The molecule has 106 valence electrons. The van der Waals surface area contributed by atoms with Crippen molar-refractivity contribution in [2.24, 2.45) is 0 Å². The molecule has 2 heteroatoms. The molecule has 0 spiro atoms. The summed E-state index contributed by atoms with van der Waals surface area (Å²) >= 11 is 0. The molecular weight excluding hydrogens is 236 g/mol. The summed E-state index contributed by atoms with van der Waals surface area (Å²) in [5.74, 6) is 1.44. The molecule has 0 N–H and O–H groups in total. The lowest BCUT2D eigenvalue weighted by atomic mass is 9.94. The first kappa shape index (κ1) is 15.8. The Morgan fingerprint density at radius 3 is 2.68 bits per heavy atom. The standard InChI is InChI=1S/C17H26O2/c1-13(2)7-6-8-15(4)16-10-9-14(3)11-17(16)19-12-18-5/h7,9-11,15H,6,8,12H2,1-5H3/t15-/m0/s1. The molecule has 0 radical (unpaired) electrons. The minimum absolute atomic E-state index is 0.303. The van der Waals surface area contributed by atoms with Crippen molar-refractivity contribution >= 4 is 0 Å². The Morgan fingerprint density at radius 1 is 1.32 bits per heavy atom. The average molecular weight is 262 g/mol. The number of rotatable bonds is 7. The number of hydrogen-bond acceptors (Lipinski definition) is 2. The molecule has 1 aromatic carbocycles. The topological polar surface area (TPSA) is 18.5 Å². The molecule has 2 nitrogen and oxygen atoms in total. The van der Waals surface area contributed by atoms with Gasteiger partial charge in [0, 0.05) is 7.11 Å². The summed E-state index contributed by atoms with van der Waals surface area (Å²) in [5.41, 5.74) is 3.86. The lowest BCUT2D eigenvalue weighted by molar-refractivity contribution is 0.0501. The Labute approximate surface area is 117 Å². The van der Waals surface area contributed by atoms with Gasteiger partial charge < -0.3 is 9.47 Å². The summed E-state index contributed by atoms with van der Waals surface area (Å²) in [5, 5.41) is 0. The second-order valence-corrected chi connectivity index (χ2v) is 5.35. The average Bonchev–Trinajstić information content (AvgIpc) is 2.35. The highest BCUT2D eigenvalue weighted by Gasteiger charge is 2.11. The van der Waals surface area contributed by atoms with E-state index in [9.17, 15) is 0 Å². The zero-order chi connectivity index (χ0) is 14.3. The minimum atomic E-state index is 0.303. The van der Waals surface area contributed by atoms with E-state index in [2.05, 4.69) is 52.0 Å². The number of ether oxygens (including phenoxy) is 2. The van der Waals surface area contributed by atoms with E-state index in [0.717, 1.165) is 18.6 Å². The zero-order valence-electron chi connectivity index (χ0n) is 12.8. The quantitative estimate of drug-likeness (QED) is 0.517. The number of aryl methyl sites for hydroxylation is 1. The van der Waals surface area contributed by atoms with E-state index in [4.69, 9.17) is 9.47 Å². The molecule has 0 aromatic heterocycles. The smallest absolute Gasteiger partial charge is 0.188 e. The molecule has 1 aromatic rings. The van der Waals surface area contributed by atoms with Gasteiger partial charge in [-0.2, -0.15) is 0 Å². The molecule has 1 atom stereocenters. The SMILES string of the molecule is COCOc1cc(C)ccc1[C@@H](C)CCC=C(C)C. The second-order valence-electron chi connectivity index (χ2n) is 5.35. The van der Waals surface area contributed by atoms with E-state index in [1.807, 2.05) is 0 Å². The van der Waals surface area contributed by atoms with Crippen LogP contribution in [0.3, 0.4) is 0 Å². The van der Waals surface area contributed by atoms with Crippen LogP contribution in [-0.4, -0.2) is 13.9 Å². The number of benzene rings is 1. The predicted octanol–water partition coefficient (Wildman–Crippen LogP) is 4.83. The summed E-state index contributed by atoms with van der Waals surface area (Å²) in [6.45, 7) is 8.92. The van der Waals surface area contributed by atoms with Gasteiger partial charge in [0.15, 0.2) is 6.79 Å². The monoisotopic (exact) mass is 262 g/mol. The third-order valence-electron chi connectivity index (χ3n) is 3.18. The molecule has 0 bridgehead atoms. The molecular formula is C17H26O2. The highest BCUT2D eigenvalue weighted by molar-refractivity contribution is 5.39. The van der Waals surface area contributed by atoms with Gasteiger partial charge >= 0.3 is 0 Å². The first-order valence-corrected chi connectivity index (χ1v) is 6.90. The zero-order valence-corrected chi connectivity index (χ0v) is 12.8. The van der Waals surface area contributed by atoms with Gasteiger partial charge in [0.05, 0.1) is 0 Å². The number of methoxy groups -OCH3 is 1. The molecule has 0 heterocycles. The van der Waals surface area contributed by atoms with Crippen molar-refractivity contribution in [1.82, 2.24) is 0 Å². The summed E-state index contributed by atoms with van der Waals surface area (Å²) < 4.78 is 10.7. The van der Waals surface area contributed by atoms with Crippen LogP contribution in [0.2, 0.25) is 0 Å². The van der Waals surface area contributed by atoms with E-state index in [-0.39, 0.29) is 0 Å². The van der Waals surface area contributed by atoms with Crippen molar-refractivity contribution in [3.63, 3.8) is 0 Å². The van der Waals surface area contributed by atoms with Crippen molar-refractivity contribution in [3.05, 3.63) is 41.0 Å². The molecule has 19 heavy (non-hydrogen) atoms. The van der Waals surface area contributed by atoms with Crippen LogP contribution in [0.15, 0.2) is 29.8 Å². The van der Waals surface area contributed by atoms with Gasteiger partial charge in [0.25, 0.3) is 0 Å². The molecule has 0 aliphatic rings. The lowest BCUT2D eigenvalue weighted by Gasteiger charge is -2.17. The Kier molecular flexibility index (Phi) is 6.65. The molecule has 1 rings (SSSR count). The van der Waals surface area contributed by atoms with Crippen LogP contribution in [-0.2, 0) is 4.74 Å². The Balaban J connectivity index is 2.76. The molecule has 0 unspecified atom stereocenters. The minimum Gasteiger partial charge on any atom is -0.467 e.